The van der Waals surface area contributed by atoms with Crippen LogP contribution in [0.3, 0.4) is 0 Å². The third kappa shape index (κ3) is 2.54. The van der Waals surface area contributed by atoms with Crippen LogP contribution in [0.25, 0.3) is 10.2 Å². The zero-order valence-electron chi connectivity index (χ0n) is 12.0. The Hall–Kier alpha value is -1.86. The topological polar surface area (TPSA) is 80.5 Å². The van der Waals surface area contributed by atoms with E-state index in [2.05, 4.69) is 10.3 Å². The van der Waals surface area contributed by atoms with Gasteiger partial charge in [0.05, 0.1) is 39.8 Å². The lowest BCUT2D eigenvalue weighted by molar-refractivity contribution is -0.124. The molecule has 1 aliphatic rings. The lowest BCUT2D eigenvalue weighted by Crippen LogP contribution is -2.53. The second-order valence-electron chi connectivity index (χ2n) is 5.01. The minimum Gasteiger partial charge on any atom is -0.397 e. The molecule has 0 radical (unpaired) electrons. The molecule has 1 unspecified atom stereocenters. The van der Waals surface area contributed by atoms with Crippen LogP contribution in [0.2, 0.25) is 0 Å². The molecule has 1 fully saturated rings. The Morgan fingerprint density at radius 2 is 2.38 bits per heavy atom. The molecule has 21 heavy (non-hydrogen) atoms. The highest BCUT2D eigenvalue weighted by Gasteiger charge is 2.30. The number of rotatable bonds is 2. The number of fused-ring (bicyclic) bond motifs is 1. The zero-order chi connectivity index (χ0) is 15.0. The van der Waals surface area contributed by atoms with Crippen LogP contribution in [-0.2, 0) is 9.53 Å². The highest BCUT2D eigenvalue weighted by Crippen LogP contribution is 2.33. The van der Waals surface area contributed by atoms with Gasteiger partial charge < -0.3 is 20.7 Å². The van der Waals surface area contributed by atoms with E-state index in [9.17, 15) is 4.79 Å². The van der Waals surface area contributed by atoms with Crippen molar-refractivity contribution in [2.75, 3.05) is 37.4 Å². The maximum absolute atomic E-state index is 12.0. The Morgan fingerprint density at radius 1 is 1.57 bits per heavy atom. The van der Waals surface area contributed by atoms with Crippen LogP contribution >= 0.6 is 11.3 Å². The molecule has 1 saturated heterocycles. The van der Waals surface area contributed by atoms with Gasteiger partial charge in [-0.15, -0.1) is 11.3 Å². The molecule has 7 heteroatoms. The SMILES string of the molecule is CNC(=O)C1COCCN1c1cc2nc(C)sc2cc1N. The van der Waals surface area contributed by atoms with E-state index in [1.54, 1.807) is 18.4 Å². The summed E-state index contributed by atoms with van der Waals surface area (Å²) in [4.78, 5) is 18.6. The number of hydrogen-bond acceptors (Lipinski definition) is 6. The van der Waals surface area contributed by atoms with Gasteiger partial charge in [0, 0.05) is 13.6 Å². The third-order valence-corrected chi connectivity index (χ3v) is 4.56. The minimum absolute atomic E-state index is 0.0661. The fourth-order valence-corrected chi connectivity index (χ4v) is 3.48. The van der Waals surface area contributed by atoms with E-state index < -0.39 is 0 Å². The Morgan fingerprint density at radius 3 is 3.14 bits per heavy atom. The first-order valence-corrected chi connectivity index (χ1v) is 7.64. The molecule has 1 atom stereocenters. The Kier molecular flexibility index (Phi) is 3.69. The number of morpholine rings is 1. The molecule has 1 aliphatic heterocycles. The minimum atomic E-state index is -0.358. The second-order valence-corrected chi connectivity index (χ2v) is 6.24. The average molecular weight is 306 g/mol. The number of aryl methyl sites for hydroxylation is 1. The van der Waals surface area contributed by atoms with Crippen molar-refractivity contribution >= 4 is 38.8 Å². The van der Waals surface area contributed by atoms with Crippen LogP contribution in [0.15, 0.2) is 12.1 Å². The van der Waals surface area contributed by atoms with E-state index in [1.807, 2.05) is 24.0 Å². The van der Waals surface area contributed by atoms with Crippen molar-refractivity contribution < 1.29 is 9.53 Å². The van der Waals surface area contributed by atoms with Gasteiger partial charge >= 0.3 is 0 Å². The van der Waals surface area contributed by atoms with Crippen molar-refractivity contribution in [3.63, 3.8) is 0 Å². The largest absolute Gasteiger partial charge is 0.397 e. The number of carbonyl (C=O) groups is 1. The van der Waals surface area contributed by atoms with Gasteiger partial charge in [-0.25, -0.2) is 4.98 Å². The molecule has 1 amide bonds. The summed E-state index contributed by atoms with van der Waals surface area (Å²) in [6.45, 7) is 3.56. The predicted molar refractivity (Wildman–Crippen MR) is 84.8 cm³/mol. The number of amides is 1. The number of likely N-dealkylation sites (N-methyl/N-ethyl adjacent to an activating group) is 1. The molecular weight excluding hydrogens is 288 g/mol. The monoisotopic (exact) mass is 306 g/mol. The van der Waals surface area contributed by atoms with Gasteiger partial charge in [0.25, 0.3) is 0 Å². The highest BCUT2D eigenvalue weighted by molar-refractivity contribution is 7.18. The van der Waals surface area contributed by atoms with Crippen LogP contribution in [0, 0.1) is 6.92 Å². The quantitative estimate of drug-likeness (QED) is 0.813. The molecular formula is C14H18N4O2S. The number of hydrogen-bond donors (Lipinski definition) is 2. The van der Waals surface area contributed by atoms with E-state index in [1.165, 1.54) is 0 Å². The number of nitrogens with zero attached hydrogens (tertiary/aromatic N) is 2. The van der Waals surface area contributed by atoms with Crippen molar-refractivity contribution in [1.82, 2.24) is 10.3 Å². The van der Waals surface area contributed by atoms with Gasteiger partial charge in [0.2, 0.25) is 5.91 Å². The lowest BCUT2D eigenvalue weighted by Gasteiger charge is -2.36. The summed E-state index contributed by atoms with van der Waals surface area (Å²) in [5.74, 6) is -0.0661. The van der Waals surface area contributed by atoms with Crippen LogP contribution < -0.4 is 16.0 Å². The molecule has 0 bridgehead atoms. The Balaban J connectivity index is 2.04. The molecule has 6 nitrogen and oxygen atoms in total. The van der Waals surface area contributed by atoms with Crippen LogP contribution in [0.1, 0.15) is 5.01 Å². The fraction of sp³-hybridized carbons (Fsp3) is 0.429. The molecule has 1 aromatic heterocycles. The van der Waals surface area contributed by atoms with Crippen molar-refractivity contribution in [3.05, 3.63) is 17.1 Å². The van der Waals surface area contributed by atoms with E-state index in [0.717, 1.165) is 20.9 Å². The van der Waals surface area contributed by atoms with Gasteiger partial charge in [-0.05, 0) is 19.1 Å². The first-order valence-electron chi connectivity index (χ1n) is 6.83. The molecule has 112 valence electrons. The molecule has 2 heterocycles. The van der Waals surface area contributed by atoms with Crippen molar-refractivity contribution in [1.29, 1.82) is 0 Å². The summed E-state index contributed by atoms with van der Waals surface area (Å²) in [6.07, 6.45) is 0. The molecule has 2 aromatic rings. The van der Waals surface area contributed by atoms with E-state index in [-0.39, 0.29) is 11.9 Å². The molecule has 0 aliphatic carbocycles. The summed E-state index contributed by atoms with van der Waals surface area (Å²) in [5, 5.41) is 3.69. The number of benzene rings is 1. The lowest BCUT2D eigenvalue weighted by atomic mass is 10.1. The van der Waals surface area contributed by atoms with Crippen molar-refractivity contribution in [3.8, 4) is 0 Å². The second kappa shape index (κ2) is 5.50. The van der Waals surface area contributed by atoms with Gasteiger partial charge in [-0.3, -0.25) is 4.79 Å². The summed E-state index contributed by atoms with van der Waals surface area (Å²) in [7, 11) is 1.63. The molecule has 3 rings (SSSR count). The molecule has 3 N–H and O–H groups in total. The summed E-state index contributed by atoms with van der Waals surface area (Å²) < 4.78 is 6.50. The standard InChI is InChI=1S/C14H18N4O2S/c1-8-17-10-6-11(9(15)5-13(10)21-8)18-3-4-20-7-12(18)14(19)16-2/h5-6,12H,3-4,7,15H2,1-2H3,(H,16,19). The molecule has 0 saturated carbocycles. The fourth-order valence-electron chi connectivity index (χ4n) is 2.62. The van der Waals surface area contributed by atoms with Crippen LogP contribution in [-0.4, -0.2) is 43.7 Å². The number of anilines is 2. The summed E-state index contributed by atoms with van der Waals surface area (Å²) in [5.41, 5.74) is 8.64. The summed E-state index contributed by atoms with van der Waals surface area (Å²) in [6, 6.07) is 3.55. The molecule has 1 aromatic carbocycles. The number of aromatic nitrogens is 1. The Labute approximate surface area is 126 Å². The van der Waals surface area contributed by atoms with Gasteiger partial charge in [0.1, 0.15) is 6.04 Å². The zero-order valence-corrected chi connectivity index (χ0v) is 12.9. The average Bonchev–Trinajstić information content (AvgIpc) is 2.84. The van der Waals surface area contributed by atoms with Crippen molar-refractivity contribution in [2.24, 2.45) is 0 Å². The predicted octanol–water partition coefficient (Wildman–Crippen LogP) is 1.14. The normalized spacial score (nSPS) is 19.0. The first-order chi connectivity index (χ1) is 10.1. The first kappa shape index (κ1) is 14.1. The number of nitrogens with two attached hydrogens (primary N) is 1. The molecule has 0 spiro atoms. The maximum Gasteiger partial charge on any atom is 0.244 e. The third-order valence-electron chi connectivity index (χ3n) is 3.63. The van der Waals surface area contributed by atoms with Gasteiger partial charge in [0.15, 0.2) is 0 Å². The van der Waals surface area contributed by atoms with Crippen LogP contribution in [0.5, 0.6) is 0 Å². The van der Waals surface area contributed by atoms with Crippen molar-refractivity contribution in [2.45, 2.75) is 13.0 Å². The van der Waals surface area contributed by atoms with E-state index in [4.69, 9.17) is 10.5 Å². The summed E-state index contributed by atoms with van der Waals surface area (Å²) >= 11 is 1.62. The maximum atomic E-state index is 12.0. The number of carbonyl (C=O) groups excluding carboxylic acids is 1. The smallest absolute Gasteiger partial charge is 0.244 e. The number of nitrogen functional groups attached to an aromatic ring is 1. The highest BCUT2D eigenvalue weighted by atomic mass is 32.1. The van der Waals surface area contributed by atoms with Gasteiger partial charge in [-0.1, -0.05) is 0 Å². The van der Waals surface area contributed by atoms with E-state index in [0.29, 0.717) is 25.4 Å². The van der Waals surface area contributed by atoms with Crippen LogP contribution in [0.4, 0.5) is 11.4 Å². The Bertz CT molecular complexity index is 685. The van der Waals surface area contributed by atoms with Gasteiger partial charge in [-0.2, -0.15) is 0 Å². The number of ether oxygens (including phenoxy) is 1. The number of thiazole rings is 1. The number of nitrogens with one attached hydrogen (secondary N) is 1. The van der Waals surface area contributed by atoms with E-state index >= 15 is 0 Å².